The van der Waals surface area contributed by atoms with Crippen molar-refractivity contribution in [1.29, 1.82) is 0 Å². The van der Waals surface area contributed by atoms with Crippen LogP contribution in [0.1, 0.15) is 12.0 Å². The van der Waals surface area contributed by atoms with Gasteiger partial charge in [-0.1, -0.05) is 6.08 Å². The standard InChI is InChI=1S/C11H12FN/c1-2-3-10-7-8-6-9(12)4-5-11(8)13-10/h2,4-6,10,13H,1,3,7H2. The van der Waals surface area contributed by atoms with E-state index in [0.717, 1.165) is 24.1 Å². The summed E-state index contributed by atoms with van der Waals surface area (Å²) in [5.74, 6) is -0.153. The normalized spacial score (nSPS) is 19.3. The van der Waals surface area contributed by atoms with Gasteiger partial charge in [0, 0.05) is 11.7 Å². The molecule has 0 aromatic heterocycles. The number of anilines is 1. The van der Waals surface area contributed by atoms with Crippen LogP contribution in [-0.4, -0.2) is 6.04 Å². The minimum Gasteiger partial charge on any atom is -0.381 e. The Hall–Kier alpha value is -1.31. The summed E-state index contributed by atoms with van der Waals surface area (Å²) in [5, 5.41) is 3.32. The van der Waals surface area contributed by atoms with Crippen LogP contribution in [0.25, 0.3) is 0 Å². The monoisotopic (exact) mass is 177 g/mol. The highest BCUT2D eigenvalue weighted by atomic mass is 19.1. The minimum absolute atomic E-state index is 0.153. The van der Waals surface area contributed by atoms with Crippen LogP contribution in [0, 0.1) is 5.82 Å². The van der Waals surface area contributed by atoms with Gasteiger partial charge in [0.1, 0.15) is 5.82 Å². The van der Waals surface area contributed by atoms with Gasteiger partial charge in [0.05, 0.1) is 0 Å². The molecule has 0 aliphatic carbocycles. The lowest BCUT2D eigenvalue weighted by atomic mass is 10.1. The fraction of sp³-hybridized carbons (Fsp3) is 0.273. The molecule has 68 valence electrons. The molecule has 0 radical (unpaired) electrons. The van der Waals surface area contributed by atoms with Crippen molar-refractivity contribution >= 4 is 5.69 Å². The first kappa shape index (κ1) is 8.30. The van der Waals surface area contributed by atoms with E-state index in [0.29, 0.717) is 6.04 Å². The van der Waals surface area contributed by atoms with E-state index in [9.17, 15) is 4.39 Å². The van der Waals surface area contributed by atoms with Crippen molar-refractivity contribution in [3.63, 3.8) is 0 Å². The molecule has 2 heteroatoms. The summed E-state index contributed by atoms with van der Waals surface area (Å²) in [6, 6.07) is 5.29. The van der Waals surface area contributed by atoms with E-state index in [2.05, 4.69) is 11.9 Å². The molecule has 1 aliphatic rings. The van der Waals surface area contributed by atoms with Gasteiger partial charge in [0.15, 0.2) is 0 Å². The zero-order valence-corrected chi connectivity index (χ0v) is 7.39. The predicted molar refractivity (Wildman–Crippen MR) is 52.3 cm³/mol. The zero-order chi connectivity index (χ0) is 9.26. The molecule has 0 saturated heterocycles. The lowest BCUT2D eigenvalue weighted by molar-refractivity contribution is 0.626. The van der Waals surface area contributed by atoms with Gasteiger partial charge >= 0.3 is 0 Å². The molecule has 0 spiro atoms. The number of hydrogen-bond donors (Lipinski definition) is 1. The summed E-state index contributed by atoms with van der Waals surface area (Å²) in [6.07, 6.45) is 3.72. The van der Waals surface area contributed by atoms with Gasteiger partial charge < -0.3 is 5.32 Å². The smallest absolute Gasteiger partial charge is 0.123 e. The van der Waals surface area contributed by atoms with Gasteiger partial charge in [0.25, 0.3) is 0 Å². The second kappa shape index (κ2) is 3.21. The van der Waals surface area contributed by atoms with Crippen LogP contribution in [0.5, 0.6) is 0 Å². The molecule has 1 N–H and O–H groups in total. The molecule has 0 bridgehead atoms. The van der Waals surface area contributed by atoms with E-state index in [4.69, 9.17) is 0 Å². The molecule has 13 heavy (non-hydrogen) atoms. The third kappa shape index (κ3) is 1.57. The van der Waals surface area contributed by atoms with Crippen molar-refractivity contribution < 1.29 is 4.39 Å². The highest BCUT2D eigenvalue weighted by Gasteiger charge is 2.19. The topological polar surface area (TPSA) is 12.0 Å². The van der Waals surface area contributed by atoms with E-state index in [-0.39, 0.29) is 5.82 Å². The first-order chi connectivity index (χ1) is 6.29. The molecule has 1 heterocycles. The average molecular weight is 177 g/mol. The number of fused-ring (bicyclic) bond motifs is 1. The molecule has 1 nitrogen and oxygen atoms in total. The van der Waals surface area contributed by atoms with E-state index in [1.807, 2.05) is 6.08 Å². The number of rotatable bonds is 2. The van der Waals surface area contributed by atoms with Crippen LogP contribution in [0.2, 0.25) is 0 Å². The summed E-state index contributed by atoms with van der Waals surface area (Å²) < 4.78 is 12.8. The predicted octanol–water partition coefficient (Wildman–Crippen LogP) is 2.74. The maximum Gasteiger partial charge on any atom is 0.123 e. The van der Waals surface area contributed by atoms with Crippen molar-refractivity contribution in [3.8, 4) is 0 Å². The van der Waals surface area contributed by atoms with Crippen molar-refractivity contribution in [2.45, 2.75) is 18.9 Å². The fourth-order valence-electron chi connectivity index (χ4n) is 1.75. The molecule has 1 unspecified atom stereocenters. The Balaban J connectivity index is 2.20. The number of hydrogen-bond acceptors (Lipinski definition) is 1. The van der Waals surface area contributed by atoms with Gasteiger partial charge in [-0.2, -0.15) is 0 Å². The van der Waals surface area contributed by atoms with Gasteiger partial charge in [0.2, 0.25) is 0 Å². The van der Waals surface area contributed by atoms with E-state index in [1.165, 1.54) is 6.07 Å². The number of halogens is 1. The molecule has 0 amide bonds. The molecule has 2 rings (SSSR count). The first-order valence-electron chi connectivity index (χ1n) is 4.45. The maximum absolute atomic E-state index is 12.8. The highest BCUT2D eigenvalue weighted by molar-refractivity contribution is 5.56. The molecule has 1 aromatic rings. The Kier molecular flexibility index (Phi) is 2.05. The minimum atomic E-state index is -0.153. The largest absolute Gasteiger partial charge is 0.381 e. The van der Waals surface area contributed by atoms with Crippen LogP contribution in [0.3, 0.4) is 0 Å². The SMILES string of the molecule is C=CCC1Cc2cc(F)ccc2N1. The van der Waals surface area contributed by atoms with Crippen molar-refractivity contribution in [3.05, 3.63) is 42.2 Å². The van der Waals surface area contributed by atoms with E-state index >= 15 is 0 Å². The van der Waals surface area contributed by atoms with Crippen LogP contribution < -0.4 is 5.32 Å². The molecule has 1 aromatic carbocycles. The van der Waals surface area contributed by atoms with Crippen LogP contribution in [0.15, 0.2) is 30.9 Å². The highest BCUT2D eigenvalue weighted by Crippen LogP contribution is 2.27. The second-order valence-electron chi connectivity index (χ2n) is 3.37. The van der Waals surface area contributed by atoms with Gasteiger partial charge in [-0.05, 0) is 36.6 Å². The first-order valence-corrected chi connectivity index (χ1v) is 4.45. The third-order valence-electron chi connectivity index (χ3n) is 2.34. The van der Waals surface area contributed by atoms with Crippen LogP contribution >= 0.6 is 0 Å². The van der Waals surface area contributed by atoms with E-state index in [1.54, 1.807) is 12.1 Å². The summed E-state index contributed by atoms with van der Waals surface area (Å²) in [7, 11) is 0. The molecular weight excluding hydrogens is 165 g/mol. The molecule has 1 atom stereocenters. The summed E-state index contributed by atoms with van der Waals surface area (Å²) in [5.41, 5.74) is 2.14. The van der Waals surface area contributed by atoms with Crippen molar-refractivity contribution in [2.24, 2.45) is 0 Å². The second-order valence-corrected chi connectivity index (χ2v) is 3.37. The van der Waals surface area contributed by atoms with Gasteiger partial charge in [-0.25, -0.2) is 4.39 Å². The third-order valence-corrected chi connectivity index (χ3v) is 2.34. The van der Waals surface area contributed by atoms with Crippen molar-refractivity contribution in [1.82, 2.24) is 0 Å². The molecule has 0 fully saturated rings. The quantitative estimate of drug-likeness (QED) is 0.685. The Bertz CT molecular complexity index is 333. The molecule has 0 saturated carbocycles. The maximum atomic E-state index is 12.8. The Labute approximate surface area is 77.3 Å². The Morgan fingerprint density at radius 2 is 2.46 bits per heavy atom. The zero-order valence-electron chi connectivity index (χ0n) is 7.39. The van der Waals surface area contributed by atoms with Crippen molar-refractivity contribution in [2.75, 3.05) is 5.32 Å². The van der Waals surface area contributed by atoms with Gasteiger partial charge in [-0.15, -0.1) is 6.58 Å². The summed E-state index contributed by atoms with van der Waals surface area (Å²) >= 11 is 0. The summed E-state index contributed by atoms with van der Waals surface area (Å²) in [6.45, 7) is 3.69. The van der Waals surface area contributed by atoms with Crippen LogP contribution in [-0.2, 0) is 6.42 Å². The molecular formula is C11H12FN. The lowest BCUT2D eigenvalue weighted by Gasteiger charge is -2.06. The fourth-order valence-corrected chi connectivity index (χ4v) is 1.75. The number of benzene rings is 1. The van der Waals surface area contributed by atoms with Crippen LogP contribution in [0.4, 0.5) is 10.1 Å². The lowest BCUT2D eigenvalue weighted by Crippen LogP contribution is -2.13. The average Bonchev–Trinajstić information content (AvgIpc) is 2.46. The Morgan fingerprint density at radius 1 is 1.62 bits per heavy atom. The van der Waals surface area contributed by atoms with E-state index < -0.39 is 0 Å². The molecule has 1 aliphatic heterocycles. The van der Waals surface area contributed by atoms with Gasteiger partial charge in [-0.3, -0.25) is 0 Å². The Morgan fingerprint density at radius 3 is 3.23 bits per heavy atom. The number of nitrogens with one attached hydrogen (secondary N) is 1. The summed E-state index contributed by atoms with van der Waals surface area (Å²) in [4.78, 5) is 0.